The Hall–Kier alpha value is -1.55. The topological polar surface area (TPSA) is 97.2 Å². The highest BCUT2D eigenvalue weighted by Gasteiger charge is 2.29. The van der Waals surface area contributed by atoms with Gasteiger partial charge in [0.1, 0.15) is 6.33 Å². The Morgan fingerprint density at radius 3 is 2.90 bits per heavy atom. The minimum atomic E-state index is -0.341. The van der Waals surface area contributed by atoms with Crippen molar-refractivity contribution in [3.05, 3.63) is 6.33 Å². The summed E-state index contributed by atoms with van der Waals surface area (Å²) < 4.78 is 1.73. The summed E-state index contributed by atoms with van der Waals surface area (Å²) in [7, 11) is 1.80. The molecule has 0 aliphatic carbocycles. The highest BCUT2D eigenvalue weighted by atomic mass is 32.2. The van der Waals surface area contributed by atoms with E-state index in [4.69, 9.17) is 0 Å². The fourth-order valence-electron chi connectivity index (χ4n) is 1.62. The van der Waals surface area contributed by atoms with Crippen molar-refractivity contribution in [2.45, 2.75) is 17.3 Å². The second-order valence-electron chi connectivity index (χ2n) is 4.38. The molecule has 114 valence electrons. The van der Waals surface area contributed by atoms with E-state index >= 15 is 0 Å². The molecule has 1 aliphatic rings. The van der Waals surface area contributed by atoms with Gasteiger partial charge in [-0.05, 0) is 6.92 Å². The molecular formula is C11H15N5O3S2. The maximum atomic E-state index is 11.9. The third kappa shape index (κ3) is 3.97. The normalized spacial score (nSPS) is 16.4. The van der Waals surface area contributed by atoms with Crippen molar-refractivity contribution in [1.82, 2.24) is 25.0 Å². The number of imide groups is 1. The summed E-state index contributed by atoms with van der Waals surface area (Å²) in [5, 5.41) is 10.4. The fraction of sp³-hybridized carbons (Fsp3) is 0.545. The number of rotatable bonds is 6. The number of nitrogens with one attached hydrogen (secondary N) is 1. The molecule has 0 unspecified atom stereocenters. The quantitative estimate of drug-likeness (QED) is 0.740. The Labute approximate surface area is 130 Å². The van der Waals surface area contributed by atoms with Crippen LogP contribution in [0.2, 0.25) is 0 Å². The SMILES string of the molecule is C[C@H](Sc1nncn1C)C(=O)NCCN1C(=O)CSC1=O. The first-order chi connectivity index (χ1) is 9.99. The molecule has 1 fully saturated rings. The predicted molar refractivity (Wildman–Crippen MR) is 78.9 cm³/mol. The zero-order valence-corrected chi connectivity index (χ0v) is 13.2. The molecule has 0 spiro atoms. The van der Waals surface area contributed by atoms with Crippen LogP contribution in [0, 0.1) is 0 Å². The van der Waals surface area contributed by atoms with Gasteiger partial charge in [-0.2, -0.15) is 0 Å². The van der Waals surface area contributed by atoms with E-state index in [9.17, 15) is 14.4 Å². The Kier molecular flexibility index (Phi) is 5.23. The number of amides is 3. The van der Waals surface area contributed by atoms with Gasteiger partial charge >= 0.3 is 0 Å². The standard InChI is InChI=1S/C11H15N5O3S2/c1-7(21-10-14-13-6-15(10)2)9(18)12-3-4-16-8(17)5-20-11(16)19/h6-7H,3-5H2,1-2H3,(H,12,18)/t7-/m0/s1. The minimum absolute atomic E-state index is 0.172. The van der Waals surface area contributed by atoms with Gasteiger partial charge in [-0.3, -0.25) is 19.3 Å². The number of carbonyl (C=O) groups is 3. The van der Waals surface area contributed by atoms with Crippen LogP contribution >= 0.6 is 23.5 Å². The molecule has 1 aromatic rings. The number of thioether (sulfide) groups is 2. The molecule has 2 rings (SSSR count). The van der Waals surface area contributed by atoms with Crippen LogP contribution in [0.5, 0.6) is 0 Å². The zero-order valence-electron chi connectivity index (χ0n) is 11.6. The molecular weight excluding hydrogens is 314 g/mol. The van der Waals surface area contributed by atoms with Crippen LogP contribution in [-0.4, -0.2) is 60.8 Å². The summed E-state index contributed by atoms with van der Waals surface area (Å²) in [6.07, 6.45) is 1.56. The molecule has 8 nitrogen and oxygen atoms in total. The van der Waals surface area contributed by atoms with Crippen LogP contribution in [0.3, 0.4) is 0 Å². The molecule has 21 heavy (non-hydrogen) atoms. The van der Waals surface area contributed by atoms with Gasteiger partial charge in [0.05, 0.1) is 11.0 Å². The number of carbonyl (C=O) groups excluding carboxylic acids is 3. The van der Waals surface area contributed by atoms with E-state index in [1.807, 2.05) is 0 Å². The van der Waals surface area contributed by atoms with Crippen molar-refractivity contribution in [3.63, 3.8) is 0 Å². The van der Waals surface area contributed by atoms with E-state index < -0.39 is 0 Å². The number of hydrogen-bond donors (Lipinski definition) is 1. The maximum absolute atomic E-state index is 11.9. The van der Waals surface area contributed by atoms with Crippen molar-refractivity contribution in [2.24, 2.45) is 7.05 Å². The second-order valence-corrected chi connectivity index (χ2v) is 6.61. The average Bonchev–Trinajstić information content (AvgIpc) is 2.98. The lowest BCUT2D eigenvalue weighted by Gasteiger charge is -2.15. The Bertz CT molecular complexity index is 546. The van der Waals surface area contributed by atoms with Gasteiger partial charge in [0.25, 0.3) is 5.24 Å². The van der Waals surface area contributed by atoms with Crippen molar-refractivity contribution < 1.29 is 14.4 Å². The summed E-state index contributed by atoms with van der Waals surface area (Å²) in [4.78, 5) is 35.9. The monoisotopic (exact) mass is 329 g/mol. The average molecular weight is 329 g/mol. The van der Waals surface area contributed by atoms with Crippen molar-refractivity contribution in [3.8, 4) is 0 Å². The summed E-state index contributed by atoms with van der Waals surface area (Å²) >= 11 is 2.28. The van der Waals surface area contributed by atoms with E-state index in [1.165, 1.54) is 11.8 Å². The molecule has 0 radical (unpaired) electrons. The summed E-state index contributed by atoms with van der Waals surface area (Å²) in [5.41, 5.74) is 0. The summed E-state index contributed by atoms with van der Waals surface area (Å²) in [6.45, 7) is 2.22. The van der Waals surface area contributed by atoms with E-state index in [0.717, 1.165) is 16.7 Å². The lowest BCUT2D eigenvalue weighted by atomic mass is 10.4. The number of aryl methyl sites for hydroxylation is 1. The third-order valence-corrected chi connectivity index (χ3v) is 4.80. The first kappa shape index (κ1) is 15.8. The van der Waals surface area contributed by atoms with Gasteiger partial charge in [0.15, 0.2) is 5.16 Å². The second kappa shape index (κ2) is 6.94. The molecule has 0 bridgehead atoms. The van der Waals surface area contributed by atoms with E-state index in [2.05, 4.69) is 15.5 Å². The van der Waals surface area contributed by atoms with Gasteiger partial charge in [0.2, 0.25) is 11.8 Å². The Morgan fingerprint density at radius 2 is 2.33 bits per heavy atom. The number of hydrogen-bond acceptors (Lipinski definition) is 7. The maximum Gasteiger partial charge on any atom is 0.288 e. The molecule has 1 aliphatic heterocycles. The van der Waals surface area contributed by atoms with E-state index in [0.29, 0.717) is 5.16 Å². The third-order valence-electron chi connectivity index (χ3n) is 2.80. The molecule has 10 heteroatoms. The van der Waals surface area contributed by atoms with Crippen LogP contribution in [0.15, 0.2) is 11.5 Å². The van der Waals surface area contributed by atoms with Gasteiger partial charge < -0.3 is 9.88 Å². The molecule has 2 heterocycles. The van der Waals surface area contributed by atoms with E-state index in [-0.39, 0.29) is 41.1 Å². The zero-order chi connectivity index (χ0) is 15.4. The fourth-order valence-corrected chi connectivity index (χ4v) is 3.19. The smallest absolute Gasteiger partial charge is 0.288 e. The molecule has 1 atom stereocenters. The van der Waals surface area contributed by atoms with E-state index in [1.54, 1.807) is 24.9 Å². The molecule has 0 saturated carbocycles. The number of nitrogens with zero attached hydrogens (tertiary/aromatic N) is 4. The first-order valence-corrected chi connectivity index (χ1v) is 8.11. The molecule has 1 aromatic heterocycles. The lowest BCUT2D eigenvalue weighted by Crippen LogP contribution is -2.39. The van der Waals surface area contributed by atoms with Crippen LogP contribution in [0.25, 0.3) is 0 Å². The first-order valence-electron chi connectivity index (χ1n) is 6.24. The van der Waals surface area contributed by atoms with Gasteiger partial charge in [-0.15, -0.1) is 10.2 Å². The Balaban J connectivity index is 1.75. The summed E-state index contributed by atoms with van der Waals surface area (Å²) in [5.74, 6) is -0.193. The van der Waals surface area contributed by atoms with Crippen molar-refractivity contribution in [2.75, 3.05) is 18.8 Å². The van der Waals surface area contributed by atoms with Gasteiger partial charge in [-0.25, -0.2) is 0 Å². The van der Waals surface area contributed by atoms with Crippen LogP contribution < -0.4 is 5.32 Å². The molecule has 1 saturated heterocycles. The van der Waals surface area contributed by atoms with Gasteiger partial charge in [-0.1, -0.05) is 23.5 Å². The summed E-state index contributed by atoms with van der Waals surface area (Å²) in [6, 6.07) is 0. The molecule has 0 aromatic carbocycles. The van der Waals surface area contributed by atoms with Crippen molar-refractivity contribution in [1.29, 1.82) is 0 Å². The van der Waals surface area contributed by atoms with Crippen molar-refractivity contribution >= 4 is 40.6 Å². The van der Waals surface area contributed by atoms with Crippen LogP contribution in [-0.2, 0) is 16.6 Å². The van der Waals surface area contributed by atoms with Crippen LogP contribution in [0.1, 0.15) is 6.92 Å². The highest BCUT2D eigenvalue weighted by molar-refractivity contribution is 8.14. The lowest BCUT2D eigenvalue weighted by molar-refractivity contribution is -0.125. The number of aromatic nitrogens is 3. The minimum Gasteiger partial charge on any atom is -0.353 e. The Morgan fingerprint density at radius 1 is 1.57 bits per heavy atom. The largest absolute Gasteiger partial charge is 0.353 e. The highest BCUT2D eigenvalue weighted by Crippen LogP contribution is 2.20. The van der Waals surface area contributed by atoms with Gasteiger partial charge in [0, 0.05) is 20.1 Å². The molecule has 3 amide bonds. The van der Waals surface area contributed by atoms with Crippen LogP contribution in [0.4, 0.5) is 4.79 Å². The predicted octanol–water partition coefficient (Wildman–Crippen LogP) is 0.107. The molecule has 1 N–H and O–H groups in total.